The second-order valence-electron chi connectivity index (χ2n) is 5.42. The Morgan fingerprint density at radius 3 is 2.25 bits per heavy atom. The number of nitrogens with one attached hydrogen (secondary N) is 1. The van der Waals surface area contributed by atoms with Crippen LogP contribution in [-0.2, 0) is 10.2 Å². The van der Waals surface area contributed by atoms with Crippen molar-refractivity contribution in [3.8, 4) is 11.1 Å². The van der Waals surface area contributed by atoms with Crippen LogP contribution in [0.3, 0.4) is 0 Å². The van der Waals surface area contributed by atoms with Gasteiger partial charge in [0.2, 0.25) is 0 Å². The lowest BCUT2D eigenvalue weighted by Crippen LogP contribution is -2.25. The molecule has 0 saturated carbocycles. The molecule has 0 aromatic heterocycles. The van der Waals surface area contributed by atoms with E-state index in [4.69, 9.17) is 0 Å². The molecule has 4 nitrogen and oxygen atoms in total. The van der Waals surface area contributed by atoms with Crippen LogP contribution in [-0.4, -0.2) is 8.42 Å². The molecule has 1 N–H and O–H groups in total. The van der Waals surface area contributed by atoms with Gasteiger partial charge in [0.1, 0.15) is 5.82 Å². The van der Waals surface area contributed by atoms with E-state index in [1.807, 2.05) is 36.4 Å². The summed E-state index contributed by atoms with van der Waals surface area (Å²) in [6.45, 7) is 0. The standard InChI is InChI=1S/C18H13FN2O2S/c19-15-8-4-5-9-17(15)21-18-12-14(13-6-2-1-3-7-13)10-11-16(18)20-24(21,22)23/h1-12,20H. The Balaban J connectivity index is 1.91. The Morgan fingerprint density at radius 2 is 1.50 bits per heavy atom. The van der Waals surface area contributed by atoms with Crippen LogP contribution in [0.15, 0.2) is 72.8 Å². The summed E-state index contributed by atoms with van der Waals surface area (Å²) in [4.78, 5) is 0. The largest absolute Gasteiger partial charge is 0.328 e. The third kappa shape index (κ3) is 2.32. The van der Waals surface area contributed by atoms with E-state index in [9.17, 15) is 12.8 Å². The van der Waals surface area contributed by atoms with E-state index in [-0.39, 0.29) is 5.69 Å². The summed E-state index contributed by atoms with van der Waals surface area (Å²) in [5.41, 5.74) is 2.64. The molecule has 120 valence electrons. The van der Waals surface area contributed by atoms with Crippen LogP contribution in [0.1, 0.15) is 0 Å². The number of hydrogen-bond acceptors (Lipinski definition) is 2. The molecule has 3 aromatic rings. The Kier molecular flexibility index (Phi) is 3.28. The highest BCUT2D eigenvalue weighted by Crippen LogP contribution is 2.43. The van der Waals surface area contributed by atoms with E-state index in [1.54, 1.807) is 18.2 Å². The highest BCUT2D eigenvalue weighted by Gasteiger charge is 2.35. The van der Waals surface area contributed by atoms with Gasteiger partial charge in [-0.25, -0.2) is 8.70 Å². The second-order valence-corrected chi connectivity index (χ2v) is 6.94. The van der Waals surface area contributed by atoms with Crippen molar-refractivity contribution >= 4 is 27.3 Å². The van der Waals surface area contributed by atoms with Gasteiger partial charge in [0.05, 0.1) is 17.1 Å². The number of hydrogen-bond donors (Lipinski definition) is 1. The molecule has 0 spiro atoms. The van der Waals surface area contributed by atoms with Crippen molar-refractivity contribution in [3.05, 3.63) is 78.6 Å². The van der Waals surface area contributed by atoms with Crippen molar-refractivity contribution in [1.29, 1.82) is 0 Å². The molecule has 0 amide bonds. The van der Waals surface area contributed by atoms with Gasteiger partial charge < -0.3 is 0 Å². The Bertz CT molecular complexity index is 1020. The molecule has 0 saturated heterocycles. The van der Waals surface area contributed by atoms with Crippen LogP contribution in [0.4, 0.5) is 21.5 Å². The number of nitrogens with zero attached hydrogens (tertiary/aromatic N) is 1. The number of rotatable bonds is 2. The first kappa shape index (κ1) is 14.7. The molecule has 1 heterocycles. The topological polar surface area (TPSA) is 49.4 Å². The maximum absolute atomic E-state index is 14.2. The third-order valence-corrected chi connectivity index (χ3v) is 5.23. The maximum atomic E-state index is 14.2. The summed E-state index contributed by atoms with van der Waals surface area (Å²) in [5, 5.41) is 0. The molecule has 0 aliphatic carbocycles. The molecule has 0 fully saturated rings. The molecule has 6 heteroatoms. The van der Waals surface area contributed by atoms with Crippen LogP contribution in [0.5, 0.6) is 0 Å². The van der Waals surface area contributed by atoms with Crippen LogP contribution in [0.2, 0.25) is 0 Å². The first-order valence-corrected chi connectivity index (χ1v) is 8.77. The molecule has 0 bridgehead atoms. The van der Waals surface area contributed by atoms with Crippen LogP contribution in [0.25, 0.3) is 11.1 Å². The number of anilines is 3. The Hall–Kier alpha value is -2.86. The van der Waals surface area contributed by atoms with Gasteiger partial charge in [-0.15, -0.1) is 0 Å². The fourth-order valence-corrected chi connectivity index (χ4v) is 4.14. The first-order chi connectivity index (χ1) is 11.6. The minimum Gasteiger partial charge on any atom is -0.264 e. The summed E-state index contributed by atoms with van der Waals surface area (Å²) in [6, 6.07) is 20.7. The molecule has 24 heavy (non-hydrogen) atoms. The Morgan fingerprint density at radius 1 is 0.792 bits per heavy atom. The molecule has 4 rings (SSSR count). The van der Waals surface area contributed by atoms with E-state index >= 15 is 0 Å². The third-order valence-electron chi connectivity index (χ3n) is 3.87. The molecule has 0 radical (unpaired) electrons. The van der Waals surface area contributed by atoms with Gasteiger partial charge in [-0.1, -0.05) is 48.5 Å². The molecule has 0 unspecified atom stereocenters. The molecule has 1 aliphatic rings. The molecule has 3 aromatic carbocycles. The SMILES string of the molecule is O=S1(=O)Nc2ccc(-c3ccccc3)cc2N1c1ccccc1F. The van der Waals surface area contributed by atoms with Gasteiger partial charge in [-0.05, 0) is 35.4 Å². The highest BCUT2D eigenvalue weighted by atomic mass is 32.2. The average Bonchev–Trinajstić information content (AvgIpc) is 2.85. The quantitative estimate of drug-likeness (QED) is 0.756. The monoisotopic (exact) mass is 340 g/mol. The maximum Gasteiger partial charge on any atom is 0.328 e. The lowest BCUT2D eigenvalue weighted by molar-refractivity contribution is 0.598. The summed E-state index contributed by atoms with van der Waals surface area (Å²) >= 11 is 0. The van der Waals surface area contributed by atoms with Crippen molar-refractivity contribution < 1.29 is 12.8 Å². The highest BCUT2D eigenvalue weighted by molar-refractivity contribution is 7.95. The second kappa shape index (κ2) is 5.35. The fraction of sp³-hybridized carbons (Fsp3) is 0. The van der Waals surface area contributed by atoms with Crippen molar-refractivity contribution in [2.24, 2.45) is 0 Å². The minimum atomic E-state index is -3.88. The first-order valence-electron chi connectivity index (χ1n) is 7.33. The summed E-state index contributed by atoms with van der Waals surface area (Å²) in [5.74, 6) is -0.596. The lowest BCUT2D eigenvalue weighted by Gasteiger charge is -2.18. The summed E-state index contributed by atoms with van der Waals surface area (Å²) in [7, 11) is -3.88. The summed E-state index contributed by atoms with van der Waals surface area (Å²) in [6.07, 6.45) is 0. The zero-order valence-corrected chi connectivity index (χ0v) is 13.3. The zero-order valence-electron chi connectivity index (χ0n) is 12.5. The van der Waals surface area contributed by atoms with Gasteiger partial charge >= 0.3 is 10.2 Å². The molecule has 0 atom stereocenters. The lowest BCUT2D eigenvalue weighted by atomic mass is 10.0. The predicted molar refractivity (Wildman–Crippen MR) is 93.0 cm³/mol. The molecular weight excluding hydrogens is 327 g/mol. The van der Waals surface area contributed by atoms with Crippen LogP contribution < -0.4 is 9.03 Å². The van der Waals surface area contributed by atoms with Gasteiger partial charge in [-0.3, -0.25) is 4.72 Å². The number of halogens is 1. The predicted octanol–water partition coefficient (Wildman–Crippen LogP) is 4.30. The van der Waals surface area contributed by atoms with Crippen molar-refractivity contribution in [3.63, 3.8) is 0 Å². The van der Waals surface area contributed by atoms with Crippen LogP contribution >= 0.6 is 0 Å². The van der Waals surface area contributed by atoms with E-state index in [0.29, 0.717) is 11.4 Å². The summed E-state index contributed by atoms with van der Waals surface area (Å²) < 4.78 is 42.6. The van der Waals surface area contributed by atoms with Crippen molar-refractivity contribution in [2.75, 3.05) is 9.03 Å². The van der Waals surface area contributed by atoms with E-state index in [0.717, 1.165) is 15.4 Å². The van der Waals surface area contributed by atoms with E-state index in [1.165, 1.54) is 18.2 Å². The van der Waals surface area contributed by atoms with Gasteiger partial charge in [-0.2, -0.15) is 8.42 Å². The molecule has 1 aliphatic heterocycles. The normalized spacial score (nSPS) is 15.0. The van der Waals surface area contributed by atoms with Gasteiger partial charge in [0.25, 0.3) is 0 Å². The number of para-hydroxylation sites is 1. The number of fused-ring (bicyclic) bond motifs is 1. The van der Waals surface area contributed by atoms with E-state index < -0.39 is 16.0 Å². The van der Waals surface area contributed by atoms with Gasteiger partial charge in [0.15, 0.2) is 0 Å². The van der Waals surface area contributed by atoms with Crippen molar-refractivity contribution in [2.45, 2.75) is 0 Å². The fourth-order valence-electron chi connectivity index (χ4n) is 2.79. The smallest absolute Gasteiger partial charge is 0.264 e. The minimum absolute atomic E-state index is 0.00559. The Labute approximate surface area is 139 Å². The zero-order chi connectivity index (χ0) is 16.7. The van der Waals surface area contributed by atoms with Crippen LogP contribution in [0, 0.1) is 5.82 Å². The number of benzene rings is 3. The van der Waals surface area contributed by atoms with Crippen molar-refractivity contribution in [1.82, 2.24) is 0 Å². The molecular formula is C18H13FN2O2S. The van der Waals surface area contributed by atoms with Gasteiger partial charge in [0, 0.05) is 0 Å². The average molecular weight is 340 g/mol. The van der Waals surface area contributed by atoms with E-state index in [2.05, 4.69) is 4.72 Å².